The quantitative estimate of drug-likeness (QED) is 0.153. The lowest BCUT2D eigenvalue weighted by atomic mass is 9.91. The summed E-state index contributed by atoms with van der Waals surface area (Å²) in [4.78, 5) is 4.81. The first kappa shape index (κ1) is 30.5. The summed E-state index contributed by atoms with van der Waals surface area (Å²) in [6, 6.07) is 33.6. The highest BCUT2D eigenvalue weighted by atomic mass is 16.5. The van der Waals surface area contributed by atoms with Crippen molar-refractivity contribution in [2.45, 2.75) is 27.7 Å². The van der Waals surface area contributed by atoms with Gasteiger partial charge in [-0.2, -0.15) is 0 Å². The van der Waals surface area contributed by atoms with E-state index in [0.717, 1.165) is 71.1 Å². The lowest BCUT2D eigenvalue weighted by molar-refractivity contribution is 0.411. The van der Waals surface area contributed by atoms with Crippen LogP contribution in [0.3, 0.4) is 0 Å². The van der Waals surface area contributed by atoms with Crippen LogP contribution in [-0.2, 0) is 0 Å². The molecule has 0 heterocycles. The molecule has 4 aromatic carbocycles. The second kappa shape index (κ2) is 15.0. The van der Waals surface area contributed by atoms with Crippen molar-refractivity contribution < 1.29 is 9.47 Å². The molecule has 0 aliphatic heterocycles. The van der Waals surface area contributed by atoms with Crippen molar-refractivity contribution in [3.05, 3.63) is 131 Å². The Hall–Kier alpha value is -4.44. The molecule has 0 unspecified atom stereocenters. The average Bonchev–Trinajstić information content (AvgIpc) is 3.05. The highest BCUT2D eigenvalue weighted by Gasteiger charge is 2.19. The Labute approximate surface area is 252 Å². The number of hydrogen-bond acceptors (Lipinski definition) is 4. The van der Waals surface area contributed by atoms with E-state index in [1.54, 1.807) is 14.2 Å². The van der Waals surface area contributed by atoms with Gasteiger partial charge in [-0.1, -0.05) is 72.8 Å². The first-order valence-electron chi connectivity index (χ1n) is 14.9. The van der Waals surface area contributed by atoms with Crippen LogP contribution in [-0.4, -0.2) is 40.4 Å². The Kier molecular flexibility index (Phi) is 10.9. The van der Waals surface area contributed by atoms with E-state index >= 15 is 0 Å². The molecule has 0 amide bonds. The van der Waals surface area contributed by atoms with Gasteiger partial charge < -0.3 is 19.3 Å². The molecule has 0 aliphatic carbocycles. The van der Waals surface area contributed by atoms with Crippen molar-refractivity contribution in [2.24, 2.45) is 0 Å². The summed E-state index contributed by atoms with van der Waals surface area (Å²) in [6.45, 7) is 12.5. The molecule has 0 aromatic heterocycles. The standard InChI is InChI=1S/C38H43N2O2/c1-7-39(8-2)35-23-15-11-19-31(35)29(32-20-12-16-24-36(32)40(9-3)10-4)27-28-30(33-21-13-17-25-37(33)41-5)34-22-14-18-26-38(34)42-6/h11-26,28H,7-10H2,1-6H3. The van der Waals surface area contributed by atoms with E-state index in [1.165, 1.54) is 11.4 Å². The topological polar surface area (TPSA) is 24.9 Å². The summed E-state index contributed by atoms with van der Waals surface area (Å²) in [5.74, 6) is 1.59. The van der Waals surface area contributed by atoms with Crippen LogP contribution in [0.5, 0.6) is 11.5 Å². The molecular weight excluding hydrogens is 516 g/mol. The molecule has 4 rings (SSSR count). The number of methoxy groups -OCH3 is 2. The minimum absolute atomic E-state index is 0.796. The van der Waals surface area contributed by atoms with E-state index in [-0.39, 0.29) is 0 Å². The summed E-state index contributed by atoms with van der Waals surface area (Å²) >= 11 is 0. The fraction of sp³-hybridized carbons (Fsp3) is 0.263. The van der Waals surface area contributed by atoms with Gasteiger partial charge in [-0.3, -0.25) is 0 Å². The summed E-state index contributed by atoms with van der Waals surface area (Å²) in [5, 5.41) is 0. The van der Waals surface area contributed by atoms with Crippen molar-refractivity contribution in [3.8, 4) is 11.5 Å². The number of para-hydroxylation sites is 4. The van der Waals surface area contributed by atoms with Crippen molar-refractivity contribution in [1.82, 2.24) is 0 Å². The molecule has 0 saturated heterocycles. The zero-order valence-corrected chi connectivity index (χ0v) is 25.9. The lowest BCUT2D eigenvalue weighted by Crippen LogP contribution is -2.24. The molecule has 217 valence electrons. The molecule has 42 heavy (non-hydrogen) atoms. The Morgan fingerprint density at radius 3 is 1.29 bits per heavy atom. The Morgan fingerprint density at radius 1 is 0.548 bits per heavy atom. The number of rotatable bonds is 13. The summed E-state index contributed by atoms with van der Waals surface area (Å²) in [6.07, 6.45) is 5.93. The van der Waals surface area contributed by atoms with Crippen LogP contribution in [0.4, 0.5) is 11.4 Å². The molecular formula is C38H43N2O2. The highest BCUT2D eigenvalue weighted by molar-refractivity contribution is 5.93. The van der Waals surface area contributed by atoms with Gasteiger partial charge in [0.25, 0.3) is 0 Å². The third-order valence-corrected chi connectivity index (χ3v) is 7.71. The molecule has 4 aromatic rings. The average molecular weight is 560 g/mol. The van der Waals surface area contributed by atoms with E-state index < -0.39 is 0 Å². The van der Waals surface area contributed by atoms with Gasteiger partial charge in [0.1, 0.15) is 11.5 Å². The van der Waals surface area contributed by atoms with Gasteiger partial charge in [0.05, 0.1) is 14.2 Å². The number of anilines is 2. The van der Waals surface area contributed by atoms with Gasteiger partial charge in [0, 0.05) is 65.4 Å². The minimum Gasteiger partial charge on any atom is -0.496 e. The number of nitrogens with zero attached hydrogens (tertiary/aromatic N) is 2. The van der Waals surface area contributed by atoms with E-state index in [4.69, 9.17) is 9.47 Å². The Balaban J connectivity index is 2.09. The zero-order chi connectivity index (χ0) is 29.9. The zero-order valence-electron chi connectivity index (χ0n) is 25.9. The van der Waals surface area contributed by atoms with Crippen LogP contribution in [0.25, 0.3) is 11.1 Å². The van der Waals surface area contributed by atoms with Crippen LogP contribution in [0.2, 0.25) is 0 Å². The summed E-state index contributed by atoms with van der Waals surface area (Å²) < 4.78 is 11.7. The Bertz CT molecular complexity index is 1410. The van der Waals surface area contributed by atoms with Crippen molar-refractivity contribution in [3.63, 3.8) is 0 Å². The third-order valence-electron chi connectivity index (χ3n) is 7.71. The second-order valence-corrected chi connectivity index (χ2v) is 9.86. The molecule has 4 heteroatoms. The fourth-order valence-corrected chi connectivity index (χ4v) is 5.53. The first-order chi connectivity index (χ1) is 20.6. The van der Waals surface area contributed by atoms with Crippen LogP contribution in [0.15, 0.2) is 103 Å². The molecule has 0 bridgehead atoms. The predicted molar refractivity (Wildman–Crippen MR) is 179 cm³/mol. The second-order valence-electron chi connectivity index (χ2n) is 9.86. The maximum atomic E-state index is 5.83. The van der Waals surface area contributed by atoms with Gasteiger partial charge in [-0.25, -0.2) is 0 Å². The lowest BCUT2D eigenvalue weighted by Gasteiger charge is -2.28. The molecule has 1 radical (unpaired) electrons. The Morgan fingerprint density at radius 2 is 0.905 bits per heavy atom. The predicted octanol–water partition coefficient (Wildman–Crippen LogP) is 8.76. The van der Waals surface area contributed by atoms with Gasteiger partial charge in [-0.15, -0.1) is 0 Å². The highest BCUT2D eigenvalue weighted by Crippen LogP contribution is 2.39. The van der Waals surface area contributed by atoms with Crippen molar-refractivity contribution >= 4 is 22.5 Å². The monoisotopic (exact) mass is 559 g/mol. The van der Waals surface area contributed by atoms with Gasteiger partial charge in [0.15, 0.2) is 0 Å². The third kappa shape index (κ3) is 6.54. The molecule has 0 saturated carbocycles. The van der Waals surface area contributed by atoms with E-state index in [0.29, 0.717) is 0 Å². The SMILES string of the molecule is CCN(CC)c1ccccc1C(=[C]C=C(c1ccccc1OC)c1ccccc1OC)c1ccccc1N(CC)CC. The fourth-order valence-electron chi connectivity index (χ4n) is 5.53. The van der Waals surface area contributed by atoms with E-state index in [1.807, 2.05) is 36.4 Å². The summed E-state index contributed by atoms with van der Waals surface area (Å²) in [5.41, 5.74) is 8.67. The molecule has 0 atom stereocenters. The summed E-state index contributed by atoms with van der Waals surface area (Å²) in [7, 11) is 3.43. The smallest absolute Gasteiger partial charge is 0.126 e. The van der Waals surface area contributed by atoms with Gasteiger partial charge in [-0.05, 0) is 69.7 Å². The molecule has 0 fully saturated rings. The molecule has 0 N–H and O–H groups in total. The number of hydrogen-bond donors (Lipinski definition) is 0. The maximum Gasteiger partial charge on any atom is 0.126 e. The van der Waals surface area contributed by atoms with Crippen molar-refractivity contribution in [2.75, 3.05) is 50.2 Å². The molecule has 0 spiro atoms. The van der Waals surface area contributed by atoms with Crippen LogP contribution in [0.1, 0.15) is 49.9 Å². The largest absolute Gasteiger partial charge is 0.496 e. The van der Waals surface area contributed by atoms with E-state index in [2.05, 4.69) is 110 Å². The number of allylic oxidation sites excluding steroid dienone is 2. The van der Waals surface area contributed by atoms with Gasteiger partial charge >= 0.3 is 0 Å². The molecule has 0 aliphatic rings. The van der Waals surface area contributed by atoms with Crippen LogP contribution >= 0.6 is 0 Å². The van der Waals surface area contributed by atoms with Crippen molar-refractivity contribution in [1.29, 1.82) is 0 Å². The van der Waals surface area contributed by atoms with Crippen LogP contribution in [0, 0.1) is 6.08 Å². The van der Waals surface area contributed by atoms with Crippen LogP contribution < -0.4 is 19.3 Å². The number of ether oxygens (including phenoxy) is 2. The molecule has 4 nitrogen and oxygen atoms in total. The maximum absolute atomic E-state index is 5.83. The van der Waals surface area contributed by atoms with Gasteiger partial charge in [0.2, 0.25) is 0 Å². The normalized spacial score (nSPS) is 10.5. The van der Waals surface area contributed by atoms with E-state index in [9.17, 15) is 0 Å². The first-order valence-corrected chi connectivity index (χ1v) is 14.9. The number of benzene rings is 4. The minimum atomic E-state index is 0.796.